The van der Waals surface area contributed by atoms with Crippen LogP contribution < -0.4 is 4.74 Å². The van der Waals surface area contributed by atoms with E-state index < -0.39 is 0 Å². The summed E-state index contributed by atoms with van der Waals surface area (Å²) < 4.78 is 10.2. The van der Waals surface area contributed by atoms with Gasteiger partial charge in [-0.15, -0.1) is 5.10 Å². The Morgan fingerprint density at radius 1 is 0.912 bits per heavy atom. The van der Waals surface area contributed by atoms with Crippen LogP contribution in [0.4, 0.5) is 0 Å². The summed E-state index contributed by atoms with van der Waals surface area (Å²) >= 11 is 5.91. The lowest BCUT2D eigenvalue weighted by Gasteiger charge is -2.20. The summed E-state index contributed by atoms with van der Waals surface area (Å²) in [4.78, 5) is 2.22. The highest BCUT2D eigenvalue weighted by Gasteiger charge is 2.18. The molecule has 0 saturated carbocycles. The van der Waals surface area contributed by atoms with Gasteiger partial charge in [0.1, 0.15) is 5.75 Å². The normalized spacial score (nSPS) is 11.7. The van der Waals surface area contributed by atoms with Crippen LogP contribution in [-0.4, -0.2) is 33.4 Å². The second-order valence-electron chi connectivity index (χ2n) is 9.58. The maximum Gasteiger partial charge on any atom is 0.204 e. The van der Waals surface area contributed by atoms with E-state index in [2.05, 4.69) is 57.0 Å². The number of para-hydroxylation sites is 2. The summed E-state index contributed by atoms with van der Waals surface area (Å²) in [5.74, 6) is 1.52. The summed E-state index contributed by atoms with van der Waals surface area (Å²) in [6.07, 6.45) is 0. The van der Waals surface area contributed by atoms with Crippen LogP contribution in [0.15, 0.2) is 78.9 Å². The van der Waals surface area contributed by atoms with Gasteiger partial charge in [-0.25, -0.2) is 4.68 Å². The molecule has 0 amide bonds. The highest BCUT2D eigenvalue weighted by Crippen LogP contribution is 2.30. The summed E-state index contributed by atoms with van der Waals surface area (Å²) in [6, 6.07) is 26.9. The first kappa shape index (κ1) is 23.9. The minimum atomic E-state index is 0.149. The number of aromatic nitrogens is 3. The molecule has 3 aromatic carbocycles. The van der Waals surface area contributed by atoms with E-state index in [1.807, 2.05) is 63.8 Å². The standard InChI is InChI=1S/C28H32N4OS/c1-28(2,3)22-17-15-21(16-18-22)19-30(4)20-31-27(34)32(23-11-7-6-8-12-23)26(29-31)24-13-9-10-14-25(24)33-5/h6-18H,19-20H2,1-5H3. The van der Waals surface area contributed by atoms with Crippen LogP contribution >= 0.6 is 12.2 Å². The molecule has 34 heavy (non-hydrogen) atoms. The van der Waals surface area contributed by atoms with Gasteiger partial charge in [0, 0.05) is 12.2 Å². The summed E-state index contributed by atoms with van der Waals surface area (Å²) in [7, 11) is 3.76. The van der Waals surface area contributed by atoms with Crippen molar-refractivity contribution < 1.29 is 4.74 Å². The van der Waals surface area contributed by atoms with Gasteiger partial charge in [0.05, 0.1) is 19.3 Å². The zero-order valence-corrected chi connectivity index (χ0v) is 21.3. The lowest BCUT2D eigenvalue weighted by Crippen LogP contribution is -2.22. The van der Waals surface area contributed by atoms with E-state index in [1.165, 1.54) is 11.1 Å². The first-order valence-corrected chi connectivity index (χ1v) is 11.9. The van der Waals surface area contributed by atoms with Gasteiger partial charge in [0.25, 0.3) is 0 Å². The number of hydrogen-bond donors (Lipinski definition) is 0. The SMILES string of the molecule is COc1ccccc1-c1nn(CN(C)Cc2ccc(C(C)(C)C)cc2)c(=S)n1-c1ccccc1. The van der Waals surface area contributed by atoms with E-state index in [-0.39, 0.29) is 5.41 Å². The third-order valence-electron chi connectivity index (χ3n) is 5.85. The number of rotatable bonds is 7. The molecule has 6 heteroatoms. The molecule has 4 aromatic rings. The molecule has 0 spiro atoms. The Hall–Kier alpha value is -3.22. The van der Waals surface area contributed by atoms with Crippen LogP contribution in [0.5, 0.6) is 5.75 Å². The van der Waals surface area contributed by atoms with Crippen LogP contribution in [-0.2, 0) is 18.6 Å². The van der Waals surface area contributed by atoms with Crippen molar-refractivity contribution in [1.82, 2.24) is 19.2 Å². The van der Waals surface area contributed by atoms with Gasteiger partial charge in [-0.05, 0) is 60.1 Å². The molecule has 0 bridgehead atoms. The molecule has 0 aliphatic rings. The molecule has 4 rings (SSSR count). The molecule has 5 nitrogen and oxygen atoms in total. The van der Waals surface area contributed by atoms with Crippen LogP contribution in [0.3, 0.4) is 0 Å². The minimum Gasteiger partial charge on any atom is -0.496 e. The van der Waals surface area contributed by atoms with Crippen molar-refractivity contribution in [2.75, 3.05) is 14.2 Å². The second-order valence-corrected chi connectivity index (χ2v) is 9.94. The lowest BCUT2D eigenvalue weighted by molar-refractivity contribution is 0.244. The van der Waals surface area contributed by atoms with Gasteiger partial charge in [0.15, 0.2) is 5.82 Å². The fourth-order valence-electron chi connectivity index (χ4n) is 4.01. The minimum absolute atomic E-state index is 0.149. The Bertz CT molecular complexity index is 1300. The number of benzene rings is 3. The molecule has 1 aromatic heterocycles. The molecule has 0 aliphatic carbocycles. The molecule has 0 radical (unpaired) electrons. The van der Waals surface area contributed by atoms with Crippen molar-refractivity contribution in [3.63, 3.8) is 0 Å². The lowest BCUT2D eigenvalue weighted by atomic mass is 9.87. The molecule has 1 heterocycles. The maximum atomic E-state index is 5.91. The molecule has 0 saturated heterocycles. The molecule has 0 unspecified atom stereocenters. The van der Waals surface area contributed by atoms with Crippen molar-refractivity contribution in [1.29, 1.82) is 0 Å². The number of nitrogens with zero attached hydrogens (tertiary/aromatic N) is 4. The largest absolute Gasteiger partial charge is 0.496 e. The van der Waals surface area contributed by atoms with Gasteiger partial charge in [-0.2, -0.15) is 0 Å². The highest BCUT2D eigenvalue weighted by molar-refractivity contribution is 7.71. The van der Waals surface area contributed by atoms with Crippen LogP contribution in [0.25, 0.3) is 17.1 Å². The number of ether oxygens (including phenoxy) is 1. The zero-order valence-electron chi connectivity index (χ0n) is 20.5. The zero-order chi connectivity index (χ0) is 24.3. The van der Waals surface area contributed by atoms with Gasteiger partial charge >= 0.3 is 0 Å². The first-order valence-electron chi connectivity index (χ1n) is 11.4. The second kappa shape index (κ2) is 9.95. The average Bonchev–Trinajstić information content (AvgIpc) is 3.14. The molecular weight excluding hydrogens is 440 g/mol. The van der Waals surface area contributed by atoms with Crippen LogP contribution in [0.2, 0.25) is 0 Å². The van der Waals surface area contributed by atoms with Crippen molar-refractivity contribution in [2.24, 2.45) is 0 Å². The number of methoxy groups -OCH3 is 1. The van der Waals surface area contributed by atoms with E-state index in [9.17, 15) is 0 Å². The highest BCUT2D eigenvalue weighted by atomic mass is 32.1. The molecule has 0 atom stereocenters. The quantitative estimate of drug-likeness (QED) is 0.289. The predicted octanol–water partition coefficient (Wildman–Crippen LogP) is 6.47. The maximum absolute atomic E-state index is 5.91. The van der Waals surface area contributed by atoms with Gasteiger partial charge in [0.2, 0.25) is 4.77 Å². The Balaban J connectivity index is 1.66. The molecule has 176 valence electrons. The summed E-state index contributed by atoms with van der Waals surface area (Å²) in [5, 5.41) is 4.95. The van der Waals surface area contributed by atoms with Crippen LogP contribution in [0.1, 0.15) is 31.9 Å². The Labute approximate surface area is 207 Å². The van der Waals surface area contributed by atoms with Gasteiger partial charge < -0.3 is 4.74 Å². The van der Waals surface area contributed by atoms with E-state index >= 15 is 0 Å². The molecule has 0 N–H and O–H groups in total. The van der Waals surface area contributed by atoms with Crippen molar-refractivity contribution >= 4 is 12.2 Å². The Morgan fingerprint density at radius 3 is 2.21 bits per heavy atom. The Morgan fingerprint density at radius 2 is 1.56 bits per heavy atom. The van der Waals surface area contributed by atoms with E-state index in [0.29, 0.717) is 11.4 Å². The summed E-state index contributed by atoms with van der Waals surface area (Å²) in [5.41, 5.74) is 4.62. The first-order chi connectivity index (χ1) is 16.3. The predicted molar refractivity (Wildman–Crippen MR) is 141 cm³/mol. The van der Waals surface area contributed by atoms with Crippen molar-refractivity contribution in [3.8, 4) is 22.8 Å². The van der Waals surface area contributed by atoms with Gasteiger partial charge in [-0.3, -0.25) is 9.47 Å². The van der Waals surface area contributed by atoms with Crippen LogP contribution in [0, 0.1) is 4.77 Å². The monoisotopic (exact) mass is 472 g/mol. The topological polar surface area (TPSA) is 35.2 Å². The number of hydrogen-bond acceptors (Lipinski definition) is 4. The Kier molecular flexibility index (Phi) is 7.00. The molecular formula is C28H32N4OS. The van der Waals surface area contributed by atoms with E-state index in [1.54, 1.807) is 7.11 Å². The fraction of sp³-hybridized carbons (Fsp3) is 0.286. The van der Waals surface area contributed by atoms with E-state index in [4.69, 9.17) is 22.1 Å². The van der Waals surface area contributed by atoms with Crippen molar-refractivity contribution in [2.45, 2.75) is 39.4 Å². The average molecular weight is 473 g/mol. The smallest absolute Gasteiger partial charge is 0.204 e. The molecule has 0 aliphatic heterocycles. The third-order valence-corrected chi connectivity index (χ3v) is 6.24. The van der Waals surface area contributed by atoms with Crippen molar-refractivity contribution in [3.05, 3.63) is 94.8 Å². The third kappa shape index (κ3) is 5.13. The van der Waals surface area contributed by atoms with Gasteiger partial charge in [-0.1, -0.05) is 75.4 Å². The molecule has 0 fully saturated rings. The fourth-order valence-corrected chi connectivity index (χ4v) is 4.30. The van der Waals surface area contributed by atoms with E-state index in [0.717, 1.165) is 29.4 Å². The summed E-state index contributed by atoms with van der Waals surface area (Å²) in [6.45, 7) is 8.07.